The van der Waals surface area contributed by atoms with Crippen molar-refractivity contribution in [1.29, 1.82) is 0 Å². The van der Waals surface area contributed by atoms with Gasteiger partial charge in [-0.3, -0.25) is 9.69 Å². The molecule has 4 rings (SSSR count). The summed E-state index contributed by atoms with van der Waals surface area (Å²) in [7, 11) is 1.96. The lowest BCUT2D eigenvalue weighted by Crippen LogP contribution is -2.52. The average Bonchev–Trinajstić information content (AvgIpc) is 3.21. The first-order chi connectivity index (χ1) is 12.1. The van der Waals surface area contributed by atoms with Crippen molar-refractivity contribution in [1.82, 2.24) is 14.8 Å². The second kappa shape index (κ2) is 6.81. The first-order valence-corrected chi connectivity index (χ1v) is 9.32. The van der Waals surface area contributed by atoms with Crippen molar-refractivity contribution < 1.29 is 9.53 Å². The van der Waals surface area contributed by atoms with Crippen LogP contribution in [-0.4, -0.2) is 53.8 Å². The molecule has 0 unspecified atom stereocenters. The number of benzene rings is 1. The molecule has 5 heteroatoms. The summed E-state index contributed by atoms with van der Waals surface area (Å²) in [5.41, 5.74) is 3.01. The van der Waals surface area contributed by atoms with Gasteiger partial charge in [0.05, 0.1) is 25.3 Å². The standard InChI is InChI=1S/C20H27N3O2/c1-14-6-7-15-11-18(22(2)17(15)10-14)20(24)21-16-12-25-13-19(16)23-8-4-3-5-9-23/h6-7,10-11,16,19H,3-5,8-9,12-13H2,1-2H3,(H,21,24)/t16-,19-/m0/s1. The van der Waals surface area contributed by atoms with E-state index in [4.69, 9.17) is 4.74 Å². The van der Waals surface area contributed by atoms with Gasteiger partial charge in [0.2, 0.25) is 0 Å². The molecule has 134 valence electrons. The van der Waals surface area contributed by atoms with Gasteiger partial charge in [-0.25, -0.2) is 0 Å². The molecule has 2 fully saturated rings. The number of hydrogen-bond acceptors (Lipinski definition) is 3. The number of amides is 1. The SMILES string of the molecule is Cc1ccc2cc(C(=O)N[C@H]3COC[C@@H]3N3CCCCC3)n(C)c2c1. The van der Waals surface area contributed by atoms with E-state index in [1.165, 1.54) is 24.8 Å². The fourth-order valence-corrected chi connectivity index (χ4v) is 4.19. The lowest BCUT2D eigenvalue weighted by Gasteiger charge is -2.34. The Bertz CT molecular complexity index is 777. The van der Waals surface area contributed by atoms with E-state index in [1.54, 1.807) is 0 Å². The molecule has 0 bridgehead atoms. The molecule has 25 heavy (non-hydrogen) atoms. The highest BCUT2D eigenvalue weighted by atomic mass is 16.5. The Morgan fingerprint density at radius 2 is 1.96 bits per heavy atom. The van der Waals surface area contributed by atoms with Crippen molar-refractivity contribution in [3.63, 3.8) is 0 Å². The number of aryl methyl sites for hydroxylation is 2. The van der Waals surface area contributed by atoms with E-state index in [-0.39, 0.29) is 11.9 Å². The number of hydrogen-bond donors (Lipinski definition) is 1. The molecule has 0 spiro atoms. The van der Waals surface area contributed by atoms with Crippen molar-refractivity contribution >= 4 is 16.8 Å². The Balaban J connectivity index is 1.52. The van der Waals surface area contributed by atoms with Gasteiger partial charge >= 0.3 is 0 Å². The molecule has 2 aliphatic heterocycles. The first kappa shape index (κ1) is 16.6. The maximum Gasteiger partial charge on any atom is 0.268 e. The van der Waals surface area contributed by atoms with Gasteiger partial charge in [-0.05, 0) is 50.6 Å². The van der Waals surface area contributed by atoms with E-state index in [1.807, 2.05) is 17.7 Å². The Morgan fingerprint density at radius 1 is 1.16 bits per heavy atom. The number of nitrogens with zero attached hydrogens (tertiary/aromatic N) is 2. The molecule has 1 aromatic carbocycles. The second-order valence-corrected chi connectivity index (χ2v) is 7.43. The van der Waals surface area contributed by atoms with Gasteiger partial charge < -0.3 is 14.6 Å². The minimum Gasteiger partial charge on any atom is -0.378 e. The van der Waals surface area contributed by atoms with Gasteiger partial charge in [0.1, 0.15) is 5.69 Å². The van der Waals surface area contributed by atoms with Crippen molar-refractivity contribution in [2.45, 2.75) is 38.3 Å². The van der Waals surface area contributed by atoms with E-state index < -0.39 is 0 Å². The van der Waals surface area contributed by atoms with Crippen LogP contribution in [-0.2, 0) is 11.8 Å². The number of likely N-dealkylation sites (tertiary alicyclic amines) is 1. The van der Waals surface area contributed by atoms with Crippen LogP contribution in [0.3, 0.4) is 0 Å². The van der Waals surface area contributed by atoms with E-state index >= 15 is 0 Å². The molecule has 2 saturated heterocycles. The number of fused-ring (bicyclic) bond motifs is 1. The molecule has 0 radical (unpaired) electrons. The monoisotopic (exact) mass is 341 g/mol. The van der Waals surface area contributed by atoms with Crippen LogP contribution < -0.4 is 5.32 Å². The topological polar surface area (TPSA) is 46.5 Å². The van der Waals surface area contributed by atoms with E-state index in [2.05, 4.69) is 35.3 Å². The zero-order valence-electron chi connectivity index (χ0n) is 15.1. The fourth-order valence-electron chi connectivity index (χ4n) is 4.19. The normalized spacial score (nSPS) is 24.7. The maximum atomic E-state index is 12.9. The highest BCUT2D eigenvalue weighted by Crippen LogP contribution is 2.22. The van der Waals surface area contributed by atoms with Gasteiger partial charge in [-0.15, -0.1) is 0 Å². The number of rotatable bonds is 3. The molecule has 0 saturated carbocycles. The third-order valence-electron chi connectivity index (χ3n) is 5.66. The molecule has 3 heterocycles. The van der Waals surface area contributed by atoms with Gasteiger partial charge in [-0.2, -0.15) is 0 Å². The van der Waals surface area contributed by atoms with E-state index in [0.29, 0.717) is 18.3 Å². The summed E-state index contributed by atoms with van der Waals surface area (Å²) in [6.45, 7) is 5.64. The fraction of sp³-hybridized carbons (Fsp3) is 0.550. The molecule has 2 aliphatic rings. The van der Waals surface area contributed by atoms with E-state index in [9.17, 15) is 4.79 Å². The maximum absolute atomic E-state index is 12.9. The quantitative estimate of drug-likeness (QED) is 0.933. The molecule has 1 amide bonds. The second-order valence-electron chi connectivity index (χ2n) is 7.43. The smallest absolute Gasteiger partial charge is 0.268 e. The van der Waals surface area contributed by atoms with E-state index in [0.717, 1.165) is 30.6 Å². The van der Waals surface area contributed by atoms with Crippen molar-refractivity contribution in [3.8, 4) is 0 Å². The zero-order valence-corrected chi connectivity index (χ0v) is 15.1. The number of ether oxygens (including phenoxy) is 1. The van der Waals surface area contributed by atoms with Crippen LogP contribution >= 0.6 is 0 Å². The summed E-state index contributed by atoms with van der Waals surface area (Å²) in [6, 6.07) is 8.65. The minimum absolute atomic E-state index is 0.00568. The highest BCUT2D eigenvalue weighted by Gasteiger charge is 2.35. The molecule has 0 aliphatic carbocycles. The summed E-state index contributed by atoms with van der Waals surface area (Å²) in [5.74, 6) is -0.00568. The summed E-state index contributed by atoms with van der Waals surface area (Å²) < 4.78 is 7.69. The number of carbonyl (C=O) groups is 1. The Morgan fingerprint density at radius 3 is 2.76 bits per heavy atom. The Hall–Kier alpha value is -1.85. The molecule has 2 atom stereocenters. The van der Waals surface area contributed by atoms with Gasteiger partial charge in [-0.1, -0.05) is 18.6 Å². The zero-order chi connectivity index (χ0) is 17.4. The lowest BCUT2D eigenvalue weighted by atomic mass is 10.0. The third-order valence-corrected chi connectivity index (χ3v) is 5.66. The number of nitrogens with one attached hydrogen (secondary N) is 1. The van der Waals surface area contributed by atoms with Crippen LogP contribution in [0.1, 0.15) is 35.3 Å². The van der Waals surface area contributed by atoms with Gasteiger partial charge in [0.25, 0.3) is 5.91 Å². The van der Waals surface area contributed by atoms with Crippen LogP contribution in [0.2, 0.25) is 0 Å². The van der Waals surface area contributed by atoms with Crippen LogP contribution in [0.5, 0.6) is 0 Å². The Labute approximate surface area is 148 Å². The van der Waals surface area contributed by atoms with Gasteiger partial charge in [0.15, 0.2) is 0 Å². The largest absolute Gasteiger partial charge is 0.378 e. The summed E-state index contributed by atoms with van der Waals surface area (Å²) in [6.07, 6.45) is 3.82. The molecule has 1 aromatic heterocycles. The third kappa shape index (κ3) is 3.18. The first-order valence-electron chi connectivity index (χ1n) is 9.32. The predicted molar refractivity (Wildman–Crippen MR) is 98.9 cm³/mol. The van der Waals surface area contributed by atoms with Crippen molar-refractivity contribution in [2.24, 2.45) is 7.05 Å². The van der Waals surface area contributed by atoms with Crippen LogP contribution in [0, 0.1) is 6.92 Å². The molecule has 1 N–H and O–H groups in total. The average molecular weight is 341 g/mol. The predicted octanol–water partition coefficient (Wildman–Crippen LogP) is 2.47. The molecule has 5 nitrogen and oxygen atoms in total. The summed E-state index contributed by atoms with van der Waals surface area (Å²) in [4.78, 5) is 15.4. The number of piperidine rings is 1. The number of carbonyl (C=O) groups excluding carboxylic acids is 1. The van der Waals surface area contributed by atoms with Gasteiger partial charge in [0, 0.05) is 18.0 Å². The summed E-state index contributed by atoms with van der Waals surface area (Å²) >= 11 is 0. The Kier molecular flexibility index (Phi) is 4.52. The minimum atomic E-state index is -0.00568. The van der Waals surface area contributed by atoms with Crippen LogP contribution in [0.15, 0.2) is 24.3 Å². The number of aromatic nitrogens is 1. The van der Waals surface area contributed by atoms with Crippen LogP contribution in [0.4, 0.5) is 0 Å². The highest BCUT2D eigenvalue weighted by molar-refractivity contribution is 5.99. The van der Waals surface area contributed by atoms with Crippen LogP contribution in [0.25, 0.3) is 10.9 Å². The molecule has 2 aromatic rings. The van der Waals surface area contributed by atoms with Crippen molar-refractivity contribution in [3.05, 3.63) is 35.5 Å². The molecular weight excluding hydrogens is 314 g/mol. The summed E-state index contributed by atoms with van der Waals surface area (Å²) in [5, 5.41) is 4.34. The lowest BCUT2D eigenvalue weighted by molar-refractivity contribution is 0.0892. The molecular formula is C20H27N3O2. The van der Waals surface area contributed by atoms with Crippen molar-refractivity contribution in [2.75, 3.05) is 26.3 Å².